The lowest BCUT2D eigenvalue weighted by Crippen LogP contribution is -2.14. The normalized spacial score (nSPS) is 17.9. The molecule has 0 unspecified atom stereocenters. The molecule has 2 heterocycles. The van der Waals surface area contributed by atoms with Crippen LogP contribution in [-0.4, -0.2) is 24.1 Å². The number of carbonyl (C=O) groups is 1. The van der Waals surface area contributed by atoms with Crippen molar-refractivity contribution in [3.8, 4) is 0 Å². The van der Waals surface area contributed by atoms with Crippen LogP contribution in [-0.2, 0) is 4.74 Å². The maximum Gasteiger partial charge on any atom is 0.250 e. The Hall–Kier alpha value is -1.29. The Kier molecular flexibility index (Phi) is 2.77. The van der Waals surface area contributed by atoms with E-state index in [0.29, 0.717) is 11.5 Å². The van der Waals surface area contributed by atoms with Gasteiger partial charge in [0, 0.05) is 30.5 Å². The van der Waals surface area contributed by atoms with E-state index < -0.39 is 0 Å². The zero-order chi connectivity index (χ0) is 10.8. The highest BCUT2D eigenvalue weighted by Crippen LogP contribution is 2.27. The SMILES string of the molecule is Cc1[nH]c(C2CCOCC2)cc1C(N)=O. The summed E-state index contributed by atoms with van der Waals surface area (Å²) < 4.78 is 5.30. The van der Waals surface area contributed by atoms with Crippen LogP contribution >= 0.6 is 0 Å². The van der Waals surface area contributed by atoms with Crippen molar-refractivity contribution >= 4 is 5.91 Å². The Morgan fingerprint density at radius 1 is 1.53 bits per heavy atom. The number of aryl methyl sites for hydroxylation is 1. The molecule has 3 N–H and O–H groups in total. The van der Waals surface area contributed by atoms with E-state index in [1.54, 1.807) is 0 Å². The summed E-state index contributed by atoms with van der Waals surface area (Å²) in [6, 6.07) is 1.88. The van der Waals surface area contributed by atoms with Crippen molar-refractivity contribution in [3.63, 3.8) is 0 Å². The number of aromatic amines is 1. The molecule has 1 fully saturated rings. The second-order valence-corrected chi connectivity index (χ2v) is 4.01. The average molecular weight is 208 g/mol. The van der Waals surface area contributed by atoms with Gasteiger partial charge in [-0.25, -0.2) is 0 Å². The van der Waals surface area contributed by atoms with E-state index in [-0.39, 0.29) is 5.91 Å². The summed E-state index contributed by atoms with van der Waals surface area (Å²) in [4.78, 5) is 14.3. The van der Waals surface area contributed by atoms with Gasteiger partial charge in [0.1, 0.15) is 0 Å². The molecular weight excluding hydrogens is 192 g/mol. The third kappa shape index (κ3) is 2.04. The molecule has 0 radical (unpaired) electrons. The highest BCUT2D eigenvalue weighted by atomic mass is 16.5. The fourth-order valence-electron chi connectivity index (χ4n) is 2.07. The number of primary amides is 1. The Morgan fingerprint density at radius 3 is 2.73 bits per heavy atom. The first-order valence-corrected chi connectivity index (χ1v) is 5.25. The first-order chi connectivity index (χ1) is 7.18. The van der Waals surface area contributed by atoms with Crippen LogP contribution in [0.3, 0.4) is 0 Å². The van der Waals surface area contributed by atoms with Crippen LogP contribution in [0.15, 0.2) is 6.07 Å². The van der Waals surface area contributed by atoms with Gasteiger partial charge < -0.3 is 15.5 Å². The summed E-state index contributed by atoms with van der Waals surface area (Å²) in [5.41, 5.74) is 7.86. The molecule has 15 heavy (non-hydrogen) atoms. The number of ether oxygens (including phenoxy) is 1. The fraction of sp³-hybridized carbons (Fsp3) is 0.545. The Balaban J connectivity index is 2.21. The first-order valence-electron chi connectivity index (χ1n) is 5.25. The minimum atomic E-state index is -0.359. The molecule has 1 amide bonds. The largest absolute Gasteiger partial charge is 0.381 e. The number of hydrogen-bond donors (Lipinski definition) is 2. The van der Waals surface area contributed by atoms with Crippen molar-refractivity contribution in [3.05, 3.63) is 23.0 Å². The van der Waals surface area contributed by atoms with Crippen molar-refractivity contribution in [1.29, 1.82) is 0 Å². The molecule has 82 valence electrons. The van der Waals surface area contributed by atoms with Crippen LogP contribution in [0.2, 0.25) is 0 Å². The molecule has 4 nitrogen and oxygen atoms in total. The number of H-pyrrole nitrogens is 1. The predicted molar refractivity (Wildman–Crippen MR) is 56.8 cm³/mol. The molecule has 0 atom stereocenters. The Bertz CT molecular complexity index is 365. The predicted octanol–water partition coefficient (Wildman–Crippen LogP) is 1.32. The molecular formula is C11H16N2O2. The van der Waals surface area contributed by atoms with Crippen molar-refractivity contribution in [2.24, 2.45) is 5.73 Å². The van der Waals surface area contributed by atoms with E-state index in [1.165, 1.54) is 0 Å². The molecule has 1 aromatic heterocycles. The lowest BCUT2D eigenvalue weighted by Gasteiger charge is -2.20. The monoisotopic (exact) mass is 208 g/mol. The average Bonchev–Trinajstić information content (AvgIpc) is 2.62. The molecule has 1 aliphatic rings. The number of rotatable bonds is 2. The smallest absolute Gasteiger partial charge is 0.250 e. The van der Waals surface area contributed by atoms with Crippen molar-refractivity contribution in [2.75, 3.05) is 13.2 Å². The van der Waals surface area contributed by atoms with Gasteiger partial charge >= 0.3 is 0 Å². The van der Waals surface area contributed by atoms with Crippen LogP contribution in [0.5, 0.6) is 0 Å². The third-order valence-corrected chi connectivity index (χ3v) is 2.96. The number of carbonyl (C=O) groups excluding carboxylic acids is 1. The van der Waals surface area contributed by atoms with Crippen molar-refractivity contribution in [1.82, 2.24) is 4.98 Å². The second kappa shape index (κ2) is 4.06. The second-order valence-electron chi connectivity index (χ2n) is 4.01. The standard InChI is InChI=1S/C11H16N2O2/c1-7-9(11(12)14)6-10(13-7)8-2-4-15-5-3-8/h6,8,13H,2-5H2,1H3,(H2,12,14). The van der Waals surface area contributed by atoms with Gasteiger partial charge in [0.05, 0.1) is 5.56 Å². The van der Waals surface area contributed by atoms with Gasteiger partial charge in [0.2, 0.25) is 0 Å². The lowest BCUT2D eigenvalue weighted by atomic mass is 9.96. The maximum atomic E-state index is 11.1. The van der Waals surface area contributed by atoms with Gasteiger partial charge in [-0.1, -0.05) is 0 Å². The molecule has 1 aromatic rings. The van der Waals surface area contributed by atoms with E-state index in [1.807, 2.05) is 13.0 Å². The molecule has 0 saturated carbocycles. The van der Waals surface area contributed by atoms with Crippen molar-refractivity contribution in [2.45, 2.75) is 25.7 Å². The highest BCUT2D eigenvalue weighted by molar-refractivity contribution is 5.94. The molecule has 0 aromatic carbocycles. The molecule has 4 heteroatoms. The topological polar surface area (TPSA) is 68.1 Å². The summed E-state index contributed by atoms with van der Waals surface area (Å²) in [5.74, 6) is 0.118. The molecule has 2 rings (SSSR count). The van der Waals surface area contributed by atoms with E-state index in [0.717, 1.165) is 37.4 Å². The summed E-state index contributed by atoms with van der Waals surface area (Å²) in [7, 11) is 0. The molecule has 1 aliphatic heterocycles. The zero-order valence-corrected chi connectivity index (χ0v) is 8.88. The van der Waals surface area contributed by atoms with Crippen LogP contribution in [0.1, 0.15) is 40.5 Å². The van der Waals surface area contributed by atoms with Crippen molar-refractivity contribution < 1.29 is 9.53 Å². The molecule has 0 aliphatic carbocycles. The summed E-state index contributed by atoms with van der Waals surface area (Å²) >= 11 is 0. The first kappa shape index (κ1) is 10.2. The van der Waals surface area contributed by atoms with Gasteiger partial charge in [-0.2, -0.15) is 0 Å². The maximum absolute atomic E-state index is 11.1. The molecule has 1 saturated heterocycles. The zero-order valence-electron chi connectivity index (χ0n) is 8.88. The summed E-state index contributed by atoms with van der Waals surface area (Å²) in [6.07, 6.45) is 2.02. The number of nitrogens with two attached hydrogens (primary N) is 1. The Morgan fingerprint density at radius 2 is 2.20 bits per heavy atom. The van der Waals surface area contributed by atoms with Gasteiger partial charge in [0.25, 0.3) is 5.91 Å². The number of hydrogen-bond acceptors (Lipinski definition) is 2. The van der Waals surface area contributed by atoms with E-state index >= 15 is 0 Å². The summed E-state index contributed by atoms with van der Waals surface area (Å²) in [6.45, 7) is 3.48. The third-order valence-electron chi connectivity index (χ3n) is 2.96. The number of amides is 1. The highest BCUT2D eigenvalue weighted by Gasteiger charge is 2.19. The van der Waals surface area contributed by atoms with Crippen LogP contribution < -0.4 is 5.73 Å². The van der Waals surface area contributed by atoms with Gasteiger partial charge in [0.15, 0.2) is 0 Å². The van der Waals surface area contributed by atoms with Crippen LogP contribution in [0.25, 0.3) is 0 Å². The number of aromatic nitrogens is 1. The van der Waals surface area contributed by atoms with E-state index in [9.17, 15) is 4.79 Å². The lowest BCUT2D eigenvalue weighted by molar-refractivity contribution is 0.0846. The molecule has 0 bridgehead atoms. The quantitative estimate of drug-likeness (QED) is 0.769. The minimum absolute atomic E-state index is 0.359. The minimum Gasteiger partial charge on any atom is -0.381 e. The Labute approximate surface area is 88.8 Å². The van der Waals surface area contributed by atoms with Gasteiger partial charge in [-0.15, -0.1) is 0 Å². The van der Waals surface area contributed by atoms with E-state index in [4.69, 9.17) is 10.5 Å². The molecule has 0 spiro atoms. The number of nitrogens with one attached hydrogen (secondary N) is 1. The van der Waals surface area contributed by atoms with Crippen LogP contribution in [0.4, 0.5) is 0 Å². The van der Waals surface area contributed by atoms with E-state index in [2.05, 4.69) is 4.98 Å². The fourth-order valence-corrected chi connectivity index (χ4v) is 2.07. The van der Waals surface area contributed by atoms with Gasteiger partial charge in [-0.3, -0.25) is 4.79 Å². The summed E-state index contributed by atoms with van der Waals surface area (Å²) in [5, 5.41) is 0. The van der Waals surface area contributed by atoms with Crippen LogP contribution in [0, 0.1) is 6.92 Å². The van der Waals surface area contributed by atoms with Gasteiger partial charge in [-0.05, 0) is 25.8 Å².